The monoisotopic (exact) mass is 165 g/mol. The highest BCUT2D eigenvalue weighted by molar-refractivity contribution is 5.79. The summed E-state index contributed by atoms with van der Waals surface area (Å²) in [5.74, 6) is 1.45. The molecule has 2 aliphatic carbocycles. The van der Waals surface area contributed by atoms with Crippen molar-refractivity contribution in [1.82, 2.24) is 0 Å². The standard InChI is InChI=1S/C10H13O2/c11-9-10(3-4-12-9)6-7-1-2-8(10)5-7/h1,7-8H,2-6H2. The molecular weight excluding hydrogens is 152 g/mol. The topological polar surface area (TPSA) is 26.3 Å². The molecule has 1 heterocycles. The first-order valence-electron chi connectivity index (χ1n) is 4.82. The molecule has 3 fully saturated rings. The SMILES string of the molecule is O=C1OCCC12CC1[CH]CC2C1. The first kappa shape index (κ1) is 6.93. The minimum atomic E-state index is -0.0284. The molecule has 0 aromatic heterocycles. The highest BCUT2D eigenvalue weighted by Crippen LogP contribution is 2.59. The van der Waals surface area contributed by atoms with Gasteiger partial charge in [-0.3, -0.25) is 4.79 Å². The van der Waals surface area contributed by atoms with E-state index in [0.29, 0.717) is 12.5 Å². The lowest BCUT2D eigenvalue weighted by atomic mass is 9.72. The Bertz CT molecular complexity index is 236. The molecule has 1 aliphatic heterocycles. The van der Waals surface area contributed by atoms with Gasteiger partial charge in [-0.15, -0.1) is 0 Å². The molecule has 0 amide bonds. The molecule has 12 heavy (non-hydrogen) atoms. The van der Waals surface area contributed by atoms with Gasteiger partial charge in [-0.05, 0) is 43.9 Å². The molecule has 0 aromatic carbocycles. The van der Waals surface area contributed by atoms with Crippen molar-refractivity contribution in [3.05, 3.63) is 6.42 Å². The lowest BCUT2D eigenvalue weighted by molar-refractivity contribution is -0.148. The van der Waals surface area contributed by atoms with E-state index in [1.54, 1.807) is 0 Å². The minimum absolute atomic E-state index is 0.0284. The van der Waals surface area contributed by atoms with E-state index >= 15 is 0 Å². The molecule has 65 valence electrons. The Morgan fingerprint density at radius 1 is 1.58 bits per heavy atom. The molecule has 2 saturated carbocycles. The van der Waals surface area contributed by atoms with E-state index in [9.17, 15) is 4.79 Å². The third-order valence-corrected chi connectivity index (χ3v) is 3.94. The fourth-order valence-corrected chi connectivity index (χ4v) is 3.29. The molecule has 3 unspecified atom stereocenters. The summed E-state index contributed by atoms with van der Waals surface area (Å²) in [5, 5.41) is 0. The van der Waals surface area contributed by atoms with Crippen LogP contribution in [0.25, 0.3) is 0 Å². The molecule has 2 heteroatoms. The van der Waals surface area contributed by atoms with Gasteiger partial charge in [0.25, 0.3) is 0 Å². The average molecular weight is 165 g/mol. The second-order valence-electron chi connectivity index (χ2n) is 4.41. The number of carbonyl (C=O) groups is 1. The second-order valence-corrected chi connectivity index (χ2v) is 4.41. The van der Waals surface area contributed by atoms with Crippen LogP contribution >= 0.6 is 0 Å². The van der Waals surface area contributed by atoms with Crippen LogP contribution in [0.2, 0.25) is 0 Å². The lowest BCUT2D eigenvalue weighted by Crippen LogP contribution is -2.32. The fraction of sp³-hybridized carbons (Fsp3) is 0.800. The van der Waals surface area contributed by atoms with Gasteiger partial charge in [0.15, 0.2) is 0 Å². The molecular formula is C10H13O2. The first-order chi connectivity index (χ1) is 5.81. The number of hydrogen-bond acceptors (Lipinski definition) is 2. The van der Waals surface area contributed by atoms with E-state index in [1.165, 1.54) is 6.42 Å². The van der Waals surface area contributed by atoms with E-state index in [4.69, 9.17) is 4.74 Å². The van der Waals surface area contributed by atoms with E-state index < -0.39 is 0 Å². The molecule has 2 bridgehead atoms. The summed E-state index contributed by atoms with van der Waals surface area (Å²) in [5.41, 5.74) is -0.0284. The molecule has 1 radical (unpaired) electrons. The van der Waals surface area contributed by atoms with Crippen molar-refractivity contribution in [1.29, 1.82) is 0 Å². The zero-order valence-electron chi connectivity index (χ0n) is 7.08. The van der Waals surface area contributed by atoms with Gasteiger partial charge < -0.3 is 4.74 Å². The second kappa shape index (κ2) is 2.04. The van der Waals surface area contributed by atoms with E-state index in [-0.39, 0.29) is 11.4 Å². The number of rotatable bonds is 0. The van der Waals surface area contributed by atoms with Crippen molar-refractivity contribution in [3.8, 4) is 0 Å². The number of carbonyl (C=O) groups excluding carboxylic acids is 1. The van der Waals surface area contributed by atoms with Crippen LogP contribution in [0.1, 0.15) is 25.7 Å². The summed E-state index contributed by atoms with van der Waals surface area (Å²) in [7, 11) is 0. The van der Waals surface area contributed by atoms with E-state index in [2.05, 4.69) is 6.42 Å². The molecule has 2 nitrogen and oxygen atoms in total. The Labute approximate surface area is 72.3 Å². The third-order valence-electron chi connectivity index (χ3n) is 3.94. The van der Waals surface area contributed by atoms with Crippen molar-refractivity contribution < 1.29 is 9.53 Å². The average Bonchev–Trinajstić information content (AvgIpc) is 2.69. The predicted molar refractivity (Wildman–Crippen MR) is 43.1 cm³/mol. The van der Waals surface area contributed by atoms with Gasteiger partial charge in [-0.2, -0.15) is 0 Å². The normalized spacial score (nSPS) is 50.5. The quantitative estimate of drug-likeness (QED) is 0.509. The third kappa shape index (κ3) is 0.644. The Hall–Kier alpha value is -0.530. The maximum absolute atomic E-state index is 11.6. The van der Waals surface area contributed by atoms with Gasteiger partial charge in [-0.1, -0.05) is 0 Å². The predicted octanol–water partition coefficient (Wildman–Crippen LogP) is 1.55. The molecule has 1 spiro atoms. The molecule has 3 aliphatic rings. The highest BCUT2D eigenvalue weighted by atomic mass is 16.5. The Morgan fingerprint density at radius 3 is 3.00 bits per heavy atom. The number of hydrogen-bond donors (Lipinski definition) is 0. The van der Waals surface area contributed by atoms with E-state index in [0.717, 1.165) is 25.2 Å². The summed E-state index contributed by atoms with van der Waals surface area (Å²) < 4.78 is 5.09. The van der Waals surface area contributed by atoms with Crippen molar-refractivity contribution in [2.45, 2.75) is 25.7 Å². The van der Waals surface area contributed by atoms with Crippen LogP contribution in [0.15, 0.2) is 0 Å². The van der Waals surface area contributed by atoms with Crippen LogP contribution < -0.4 is 0 Å². The molecule has 0 N–H and O–H groups in total. The van der Waals surface area contributed by atoms with Crippen LogP contribution in [0.5, 0.6) is 0 Å². The van der Waals surface area contributed by atoms with Gasteiger partial charge in [0.05, 0.1) is 12.0 Å². The van der Waals surface area contributed by atoms with Crippen LogP contribution in [0, 0.1) is 23.7 Å². The van der Waals surface area contributed by atoms with Gasteiger partial charge in [-0.25, -0.2) is 0 Å². The van der Waals surface area contributed by atoms with Gasteiger partial charge in [0, 0.05) is 0 Å². The van der Waals surface area contributed by atoms with Crippen molar-refractivity contribution in [2.24, 2.45) is 17.3 Å². The summed E-state index contributed by atoms with van der Waals surface area (Å²) >= 11 is 0. The first-order valence-corrected chi connectivity index (χ1v) is 4.82. The maximum atomic E-state index is 11.6. The lowest BCUT2D eigenvalue weighted by Gasteiger charge is -2.28. The van der Waals surface area contributed by atoms with Gasteiger partial charge in [0.2, 0.25) is 0 Å². The molecule has 1 saturated heterocycles. The van der Waals surface area contributed by atoms with Crippen molar-refractivity contribution in [2.75, 3.05) is 6.61 Å². The fourth-order valence-electron chi connectivity index (χ4n) is 3.29. The molecule has 3 rings (SSSR count). The van der Waals surface area contributed by atoms with E-state index in [1.807, 2.05) is 0 Å². The molecule has 3 atom stereocenters. The number of esters is 1. The van der Waals surface area contributed by atoms with Crippen LogP contribution in [-0.2, 0) is 9.53 Å². The number of ether oxygens (including phenoxy) is 1. The molecule has 0 aromatic rings. The zero-order valence-corrected chi connectivity index (χ0v) is 7.08. The largest absolute Gasteiger partial charge is 0.465 e. The summed E-state index contributed by atoms with van der Waals surface area (Å²) in [6, 6.07) is 0. The summed E-state index contributed by atoms with van der Waals surface area (Å²) in [6.45, 7) is 0.669. The maximum Gasteiger partial charge on any atom is 0.312 e. The highest BCUT2D eigenvalue weighted by Gasteiger charge is 2.58. The van der Waals surface area contributed by atoms with Crippen LogP contribution in [0.4, 0.5) is 0 Å². The van der Waals surface area contributed by atoms with Crippen molar-refractivity contribution in [3.63, 3.8) is 0 Å². The minimum Gasteiger partial charge on any atom is -0.465 e. The summed E-state index contributed by atoms with van der Waals surface area (Å²) in [6.07, 6.45) is 6.85. The van der Waals surface area contributed by atoms with Gasteiger partial charge in [0.1, 0.15) is 0 Å². The van der Waals surface area contributed by atoms with Crippen LogP contribution in [0.3, 0.4) is 0 Å². The zero-order chi connectivity index (χ0) is 8.18. The van der Waals surface area contributed by atoms with Gasteiger partial charge >= 0.3 is 5.97 Å². The smallest absolute Gasteiger partial charge is 0.312 e. The van der Waals surface area contributed by atoms with Crippen LogP contribution in [-0.4, -0.2) is 12.6 Å². The Balaban J connectivity index is 1.96. The Kier molecular flexibility index (Phi) is 1.18. The summed E-state index contributed by atoms with van der Waals surface area (Å²) in [4.78, 5) is 11.6. The van der Waals surface area contributed by atoms with Crippen molar-refractivity contribution >= 4 is 5.97 Å². The Morgan fingerprint density at radius 2 is 2.50 bits per heavy atom. The number of fused-ring (bicyclic) bond motifs is 3. The number of cyclic esters (lactones) is 1.